The van der Waals surface area contributed by atoms with Crippen LogP contribution < -0.4 is 0 Å². The van der Waals surface area contributed by atoms with Gasteiger partial charge in [-0.2, -0.15) is 0 Å². The molecule has 1 aliphatic carbocycles. The fourth-order valence-corrected chi connectivity index (χ4v) is 2.67. The smallest absolute Gasteiger partial charge is 0.324 e. The highest BCUT2D eigenvalue weighted by molar-refractivity contribution is 6.13. The monoisotopic (exact) mass is 316 g/mol. The Labute approximate surface area is 135 Å². The van der Waals surface area contributed by atoms with Crippen LogP contribution in [0.4, 0.5) is 0 Å². The van der Waals surface area contributed by atoms with Gasteiger partial charge >= 0.3 is 11.9 Å². The average Bonchev–Trinajstić information content (AvgIpc) is 2.87. The first kappa shape index (κ1) is 16.9. The molecule has 5 heteroatoms. The number of ketones is 1. The SMILES string of the molecule is CCOC(=O)C1(C(=O)OCC)CC(=O)/C(=C\c2ccccc2)C1. The van der Waals surface area contributed by atoms with Crippen LogP contribution in [-0.2, 0) is 23.9 Å². The summed E-state index contributed by atoms with van der Waals surface area (Å²) in [7, 11) is 0. The number of carbonyl (C=O) groups excluding carboxylic acids is 3. The summed E-state index contributed by atoms with van der Waals surface area (Å²) in [5, 5.41) is 0. The van der Waals surface area contributed by atoms with Crippen molar-refractivity contribution >= 4 is 23.8 Å². The fourth-order valence-electron chi connectivity index (χ4n) is 2.67. The number of allylic oxidation sites excluding steroid dienone is 1. The van der Waals surface area contributed by atoms with E-state index in [1.54, 1.807) is 19.9 Å². The number of ether oxygens (including phenoxy) is 2. The van der Waals surface area contributed by atoms with Gasteiger partial charge in [0, 0.05) is 12.8 Å². The van der Waals surface area contributed by atoms with Gasteiger partial charge in [-0.15, -0.1) is 0 Å². The summed E-state index contributed by atoms with van der Waals surface area (Å²) in [6.45, 7) is 3.61. The Morgan fingerprint density at radius 2 is 1.61 bits per heavy atom. The second-order valence-corrected chi connectivity index (χ2v) is 5.38. The van der Waals surface area contributed by atoms with E-state index in [1.807, 2.05) is 30.3 Å². The van der Waals surface area contributed by atoms with Crippen molar-refractivity contribution in [1.29, 1.82) is 0 Å². The van der Waals surface area contributed by atoms with Crippen LogP contribution in [0.5, 0.6) is 0 Å². The molecule has 0 heterocycles. The molecule has 0 aliphatic heterocycles. The lowest BCUT2D eigenvalue weighted by Gasteiger charge is -2.22. The normalized spacial score (nSPS) is 18.0. The van der Waals surface area contributed by atoms with Gasteiger partial charge in [-0.1, -0.05) is 30.3 Å². The van der Waals surface area contributed by atoms with E-state index in [1.165, 1.54) is 0 Å². The van der Waals surface area contributed by atoms with Crippen molar-refractivity contribution in [2.75, 3.05) is 13.2 Å². The van der Waals surface area contributed by atoms with Crippen LogP contribution >= 0.6 is 0 Å². The highest BCUT2D eigenvalue weighted by Gasteiger charge is 2.55. The Kier molecular flexibility index (Phi) is 5.32. The molecule has 1 aromatic carbocycles. The van der Waals surface area contributed by atoms with Gasteiger partial charge in [-0.25, -0.2) is 0 Å². The molecule has 0 aromatic heterocycles. The van der Waals surface area contributed by atoms with E-state index in [0.717, 1.165) is 5.56 Å². The zero-order valence-electron chi connectivity index (χ0n) is 13.3. The van der Waals surface area contributed by atoms with Gasteiger partial charge in [0.25, 0.3) is 0 Å². The van der Waals surface area contributed by atoms with E-state index < -0.39 is 17.4 Å². The summed E-state index contributed by atoms with van der Waals surface area (Å²) >= 11 is 0. The zero-order valence-corrected chi connectivity index (χ0v) is 13.3. The van der Waals surface area contributed by atoms with Crippen molar-refractivity contribution in [2.45, 2.75) is 26.7 Å². The minimum atomic E-state index is -1.55. The first-order valence-electron chi connectivity index (χ1n) is 7.66. The van der Waals surface area contributed by atoms with E-state index in [-0.39, 0.29) is 31.8 Å². The number of hydrogen-bond acceptors (Lipinski definition) is 5. The van der Waals surface area contributed by atoms with Gasteiger partial charge in [0.05, 0.1) is 13.2 Å². The second-order valence-electron chi connectivity index (χ2n) is 5.38. The van der Waals surface area contributed by atoms with E-state index in [2.05, 4.69) is 0 Å². The maximum absolute atomic E-state index is 12.3. The van der Waals surface area contributed by atoms with Crippen molar-refractivity contribution in [1.82, 2.24) is 0 Å². The maximum atomic E-state index is 12.3. The molecule has 1 saturated carbocycles. The predicted octanol–water partition coefficient (Wildman–Crippen LogP) is 2.55. The van der Waals surface area contributed by atoms with E-state index >= 15 is 0 Å². The summed E-state index contributed by atoms with van der Waals surface area (Å²) < 4.78 is 10.0. The Bertz CT molecular complexity index is 612. The highest BCUT2D eigenvalue weighted by atomic mass is 16.6. The Hall–Kier alpha value is -2.43. The number of esters is 2. The summed E-state index contributed by atoms with van der Waals surface area (Å²) in [5.74, 6) is -1.61. The van der Waals surface area contributed by atoms with Gasteiger partial charge < -0.3 is 9.47 Å². The first-order valence-corrected chi connectivity index (χ1v) is 7.66. The minimum absolute atomic E-state index is 0.0123. The van der Waals surface area contributed by atoms with E-state index in [4.69, 9.17) is 9.47 Å². The van der Waals surface area contributed by atoms with Crippen LogP contribution in [0.15, 0.2) is 35.9 Å². The Balaban J connectivity index is 2.35. The molecule has 2 rings (SSSR count). The largest absolute Gasteiger partial charge is 0.465 e. The number of benzene rings is 1. The third-order valence-corrected chi connectivity index (χ3v) is 3.79. The van der Waals surface area contributed by atoms with Crippen molar-refractivity contribution in [3.05, 3.63) is 41.5 Å². The quantitative estimate of drug-likeness (QED) is 0.474. The predicted molar refractivity (Wildman–Crippen MR) is 84.4 cm³/mol. The van der Waals surface area contributed by atoms with Crippen LogP contribution in [0.2, 0.25) is 0 Å². The van der Waals surface area contributed by atoms with Crippen LogP contribution in [0.1, 0.15) is 32.3 Å². The molecule has 0 spiro atoms. The molecule has 1 aliphatic rings. The maximum Gasteiger partial charge on any atom is 0.324 e. The Morgan fingerprint density at radius 3 is 2.13 bits per heavy atom. The van der Waals surface area contributed by atoms with E-state index in [0.29, 0.717) is 5.57 Å². The molecular formula is C18H20O5. The molecule has 5 nitrogen and oxygen atoms in total. The molecular weight excluding hydrogens is 296 g/mol. The second kappa shape index (κ2) is 7.22. The molecule has 1 fully saturated rings. The Morgan fingerprint density at radius 1 is 1.04 bits per heavy atom. The summed E-state index contributed by atoms with van der Waals surface area (Å²) in [6, 6.07) is 9.30. The van der Waals surface area contributed by atoms with Gasteiger partial charge in [-0.05, 0) is 31.1 Å². The number of Topliss-reactive ketones (excluding diaryl/α,β-unsaturated/α-hetero) is 1. The number of carbonyl (C=O) groups is 3. The molecule has 0 N–H and O–H groups in total. The highest BCUT2D eigenvalue weighted by Crippen LogP contribution is 2.42. The molecule has 0 radical (unpaired) electrons. The van der Waals surface area contributed by atoms with Crippen molar-refractivity contribution in [3.63, 3.8) is 0 Å². The molecule has 0 atom stereocenters. The van der Waals surface area contributed by atoms with Crippen LogP contribution in [0.25, 0.3) is 6.08 Å². The lowest BCUT2D eigenvalue weighted by atomic mass is 9.85. The first-order chi connectivity index (χ1) is 11.0. The lowest BCUT2D eigenvalue weighted by molar-refractivity contribution is -0.171. The van der Waals surface area contributed by atoms with E-state index in [9.17, 15) is 14.4 Å². The van der Waals surface area contributed by atoms with Gasteiger partial charge in [0.15, 0.2) is 11.2 Å². The molecule has 122 valence electrons. The van der Waals surface area contributed by atoms with Gasteiger partial charge in [-0.3, -0.25) is 14.4 Å². The summed E-state index contributed by atoms with van der Waals surface area (Å²) in [5.41, 5.74) is -0.263. The lowest BCUT2D eigenvalue weighted by Crippen LogP contribution is -2.40. The number of hydrogen-bond donors (Lipinski definition) is 0. The number of rotatable bonds is 5. The third-order valence-electron chi connectivity index (χ3n) is 3.79. The summed E-state index contributed by atoms with van der Waals surface area (Å²) in [4.78, 5) is 37.0. The van der Waals surface area contributed by atoms with Gasteiger partial charge in [0.1, 0.15) is 0 Å². The fraction of sp³-hybridized carbons (Fsp3) is 0.389. The summed E-state index contributed by atoms with van der Waals surface area (Å²) in [6.07, 6.45) is 1.52. The van der Waals surface area contributed by atoms with Crippen LogP contribution in [-0.4, -0.2) is 30.9 Å². The topological polar surface area (TPSA) is 69.7 Å². The van der Waals surface area contributed by atoms with Crippen LogP contribution in [0.3, 0.4) is 0 Å². The molecule has 0 bridgehead atoms. The van der Waals surface area contributed by atoms with Gasteiger partial charge in [0.2, 0.25) is 0 Å². The average molecular weight is 316 g/mol. The minimum Gasteiger partial charge on any atom is -0.465 e. The van der Waals surface area contributed by atoms with Crippen LogP contribution in [0, 0.1) is 5.41 Å². The molecule has 0 saturated heterocycles. The molecule has 0 amide bonds. The molecule has 23 heavy (non-hydrogen) atoms. The standard InChI is InChI=1S/C18H20O5/c1-3-22-16(20)18(17(21)23-4-2)11-14(15(19)12-18)10-13-8-6-5-7-9-13/h5-10H,3-4,11-12H2,1-2H3/b14-10-. The third kappa shape index (κ3) is 3.50. The van der Waals surface area contributed by atoms with Crippen molar-refractivity contribution < 1.29 is 23.9 Å². The van der Waals surface area contributed by atoms with Crippen molar-refractivity contribution in [2.24, 2.45) is 5.41 Å². The molecule has 0 unspecified atom stereocenters. The molecule has 1 aromatic rings. The van der Waals surface area contributed by atoms with Crippen molar-refractivity contribution in [3.8, 4) is 0 Å². The zero-order chi connectivity index (χ0) is 16.9.